The number of benzene rings is 1. The topological polar surface area (TPSA) is 43.4 Å². The summed E-state index contributed by atoms with van der Waals surface area (Å²) >= 11 is 0. The summed E-state index contributed by atoms with van der Waals surface area (Å²) in [5.74, 6) is 0.345. The van der Waals surface area contributed by atoms with E-state index in [1.165, 1.54) is 7.11 Å². The quantitative estimate of drug-likeness (QED) is 0.736. The number of methoxy groups -OCH3 is 1. The minimum Gasteiger partial charge on any atom is -0.465 e. The molecule has 0 radical (unpaired) electrons. The highest BCUT2D eigenvalue weighted by Crippen LogP contribution is 2.30. The summed E-state index contributed by atoms with van der Waals surface area (Å²) in [7, 11) is 1.37. The Morgan fingerprint density at radius 1 is 1.29 bits per heavy atom. The largest absolute Gasteiger partial charge is 0.465 e. The van der Waals surface area contributed by atoms with E-state index in [-0.39, 0.29) is 5.97 Å². The number of Topliss-reactive ketones (excluding diaryl/α,β-unsaturated/α-hetero) is 1. The number of hydrogen-bond acceptors (Lipinski definition) is 3. The van der Waals surface area contributed by atoms with Crippen molar-refractivity contribution >= 4 is 11.8 Å². The van der Waals surface area contributed by atoms with E-state index in [0.29, 0.717) is 23.7 Å². The number of carbonyl (C=O) groups is 2. The van der Waals surface area contributed by atoms with Crippen LogP contribution in [0.5, 0.6) is 0 Å². The lowest BCUT2D eigenvalue weighted by Crippen LogP contribution is -2.13. The third kappa shape index (κ3) is 2.73. The fraction of sp³-hybridized carbons (Fsp3) is 0.429. The fourth-order valence-corrected chi connectivity index (χ4v) is 2.32. The van der Waals surface area contributed by atoms with E-state index in [0.717, 1.165) is 24.8 Å². The monoisotopic (exact) mass is 232 g/mol. The standard InChI is InChI=1S/C14H16O3/c1-17-14(16)11-7-5-10(6-8-11)12-3-2-4-13(15)9-12/h5-8,12H,2-4,9H2,1H3. The summed E-state index contributed by atoms with van der Waals surface area (Å²) in [5, 5.41) is 0. The molecule has 3 nitrogen and oxygen atoms in total. The molecule has 1 aliphatic carbocycles. The molecule has 1 atom stereocenters. The van der Waals surface area contributed by atoms with Crippen LogP contribution < -0.4 is 0 Å². The second-order valence-corrected chi connectivity index (χ2v) is 4.45. The zero-order chi connectivity index (χ0) is 12.3. The van der Waals surface area contributed by atoms with Crippen molar-refractivity contribution < 1.29 is 14.3 Å². The predicted molar refractivity (Wildman–Crippen MR) is 64.0 cm³/mol. The molecule has 1 unspecified atom stereocenters. The Hall–Kier alpha value is -1.64. The molecule has 17 heavy (non-hydrogen) atoms. The molecule has 2 rings (SSSR count). The predicted octanol–water partition coefficient (Wildman–Crippen LogP) is 2.70. The second-order valence-electron chi connectivity index (χ2n) is 4.45. The third-order valence-corrected chi connectivity index (χ3v) is 3.29. The van der Waals surface area contributed by atoms with Crippen molar-refractivity contribution in [3.8, 4) is 0 Å². The van der Waals surface area contributed by atoms with Gasteiger partial charge in [0.25, 0.3) is 0 Å². The van der Waals surface area contributed by atoms with Crippen LogP contribution >= 0.6 is 0 Å². The van der Waals surface area contributed by atoms with Gasteiger partial charge in [-0.15, -0.1) is 0 Å². The SMILES string of the molecule is COC(=O)c1ccc(C2CCCC(=O)C2)cc1. The highest BCUT2D eigenvalue weighted by atomic mass is 16.5. The minimum absolute atomic E-state index is 0.322. The zero-order valence-electron chi connectivity index (χ0n) is 9.94. The molecule has 0 aliphatic heterocycles. The number of rotatable bonds is 2. The molecule has 1 aromatic carbocycles. The first kappa shape index (κ1) is 11.8. The molecule has 0 spiro atoms. The second kappa shape index (κ2) is 5.13. The Kier molecular flexibility index (Phi) is 3.57. The smallest absolute Gasteiger partial charge is 0.337 e. The molecule has 0 amide bonds. The zero-order valence-corrected chi connectivity index (χ0v) is 9.94. The van der Waals surface area contributed by atoms with E-state index in [1.807, 2.05) is 12.1 Å². The molecule has 0 bridgehead atoms. The highest BCUT2D eigenvalue weighted by Gasteiger charge is 2.21. The number of ketones is 1. The maximum absolute atomic E-state index is 11.4. The van der Waals surface area contributed by atoms with Crippen LogP contribution in [0.1, 0.15) is 47.5 Å². The molecular formula is C14H16O3. The van der Waals surface area contributed by atoms with Crippen LogP contribution in [0.25, 0.3) is 0 Å². The van der Waals surface area contributed by atoms with Crippen molar-refractivity contribution in [1.82, 2.24) is 0 Å². The first-order chi connectivity index (χ1) is 8.20. The summed E-state index contributed by atoms with van der Waals surface area (Å²) in [4.78, 5) is 22.7. The normalized spacial score (nSPS) is 20.1. The Morgan fingerprint density at radius 2 is 2.00 bits per heavy atom. The number of ether oxygens (including phenoxy) is 1. The Bertz CT molecular complexity index is 420. The van der Waals surface area contributed by atoms with Gasteiger partial charge in [0, 0.05) is 12.8 Å². The van der Waals surface area contributed by atoms with E-state index in [2.05, 4.69) is 4.74 Å². The minimum atomic E-state index is -0.323. The Balaban J connectivity index is 2.12. The highest BCUT2D eigenvalue weighted by molar-refractivity contribution is 5.89. The van der Waals surface area contributed by atoms with Gasteiger partial charge in [-0.05, 0) is 36.5 Å². The van der Waals surface area contributed by atoms with Gasteiger partial charge in [0.05, 0.1) is 12.7 Å². The van der Waals surface area contributed by atoms with Gasteiger partial charge in [-0.25, -0.2) is 4.79 Å². The first-order valence-corrected chi connectivity index (χ1v) is 5.90. The molecule has 0 heterocycles. The molecule has 90 valence electrons. The summed E-state index contributed by atoms with van der Waals surface area (Å²) < 4.78 is 4.65. The van der Waals surface area contributed by atoms with Crippen LogP contribution in [-0.2, 0) is 9.53 Å². The molecule has 0 saturated heterocycles. The lowest BCUT2D eigenvalue weighted by atomic mass is 9.83. The lowest BCUT2D eigenvalue weighted by Gasteiger charge is -2.21. The Labute approximate surface area is 101 Å². The van der Waals surface area contributed by atoms with Gasteiger partial charge in [0.1, 0.15) is 5.78 Å². The molecule has 0 N–H and O–H groups in total. The van der Waals surface area contributed by atoms with Crippen LogP contribution in [0.4, 0.5) is 0 Å². The maximum Gasteiger partial charge on any atom is 0.337 e. The van der Waals surface area contributed by atoms with Crippen LogP contribution in [0.15, 0.2) is 24.3 Å². The van der Waals surface area contributed by atoms with Crippen molar-refractivity contribution in [1.29, 1.82) is 0 Å². The van der Waals surface area contributed by atoms with Gasteiger partial charge >= 0.3 is 5.97 Å². The van der Waals surface area contributed by atoms with Gasteiger partial charge in [0.15, 0.2) is 0 Å². The molecule has 3 heteroatoms. The summed E-state index contributed by atoms with van der Waals surface area (Å²) in [6, 6.07) is 7.38. The van der Waals surface area contributed by atoms with E-state index in [4.69, 9.17) is 0 Å². The fourth-order valence-electron chi connectivity index (χ4n) is 2.32. The van der Waals surface area contributed by atoms with Crippen LogP contribution in [0, 0.1) is 0 Å². The molecule has 1 aromatic rings. The average Bonchev–Trinajstić information content (AvgIpc) is 2.38. The first-order valence-electron chi connectivity index (χ1n) is 5.90. The van der Waals surface area contributed by atoms with Gasteiger partial charge in [-0.1, -0.05) is 12.1 Å². The van der Waals surface area contributed by atoms with Gasteiger partial charge < -0.3 is 4.74 Å². The maximum atomic E-state index is 11.4. The van der Waals surface area contributed by atoms with E-state index >= 15 is 0 Å². The van der Waals surface area contributed by atoms with E-state index < -0.39 is 0 Å². The van der Waals surface area contributed by atoms with Crippen LogP contribution in [0.2, 0.25) is 0 Å². The summed E-state index contributed by atoms with van der Waals surface area (Å²) in [6.45, 7) is 0. The van der Waals surface area contributed by atoms with Crippen LogP contribution in [-0.4, -0.2) is 18.9 Å². The van der Waals surface area contributed by atoms with E-state index in [9.17, 15) is 9.59 Å². The molecule has 1 saturated carbocycles. The lowest BCUT2D eigenvalue weighted by molar-refractivity contribution is -0.120. The number of esters is 1. The summed E-state index contributed by atoms with van der Waals surface area (Å²) in [5.41, 5.74) is 1.70. The van der Waals surface area contributed by atoms with Crippen molar-refractivity contribution in [2.24, 2.45) is 0 Å². The Morgan fingerprint density at radius 3 is 2.59 bits per heavy atom. The number of hydrogen-bond donors (Lipinski definition) is 0. The van der Waals surface area contributed by atoms with Crippen molar-refractivity contribution in [2.75, 3.05) is 7.11 Å². The van der Waals surface area contributed by atoms with Crippen LogP contribution in [0.3, 0.4) is 0 Å². The summed E-state index contributed by atoms with van der Waals surface area (Å²) in [6.07, 6.45) is 3.39. The average molecular weight is 232 g/mol. The van der Waals surface area contributed by atoms with Gasteiger partial charge in [0.2, 0.25) is 0 Å². The van der Waals surface area contributed by atoms with Gasteiger partial charge in [-0.2, -0.15) is 0 Å². The molecule has 0 aromatic heterocycles. The molecule has 1 fully saturated rings. The van der Waals surface area contributed by atoms with Crippen molar-refractivity contribution in [3.63, 3.8) is 0 Å². The number of carbonyl (C=O) groups excluding carboxylic acids is 2. The third-order valence-electron chi connectivity index (χ3n) is 3.29. The van der Waals surface area contributed by atoms with Gasteiger partial charge in [-0.3, -0.25) is 4.79 Å². The molecular weight excluding hydrogens is 216 g/mol. The van der Waals surface area contributed by atoms with Crippen molar-refractivity contribution in [2.45, 2.75) is 31.6 Å². The van der Waals surface area contributed by atoms with Crippen molar-refractivity contribution in [3.05, 3.63) is 35.4 Å². The van der Waals surface area contributed by atoms with E-state index in [1.54, 1.807) is 12.1 Å². The molecule has 1 aliphatic rings.